The Balaban J connectivity index is 1.69. The lowest BCUT2D eigenvalue weighted by Crippen LogP contribution is -2.23. The zero-order valence-electron chi connectivity index (χ0n) is 13.2. The van der Waals surface area contributed by atoms with Crippen LogP contribution in [0.1, 0.15) is 21.6 Å². The molecule has 1 amide bonds. The molecule has 8 heteroatoms. The van der Waals surface area contributed by atoms with Gasteiger partial charge in [0.25, 0.3) is 5.91 Å². The number of carbonyl (C=O) groups excluding carboxylic acids is 1. The Hall–Kier alpha value is -3.16. The van der Waals surface area contributed by atoms with Crippen LogP contribution in [-0.2, 0) is 12.7 Å². The Kier molecular flexibility index (Phi) is 4.75. The molecule has 0 bridgehead atoms. The zero-order chi connectivity index (χ0) is 18.7. The Labute approximate surface area is 145 Å². The molecule has 1 N–H and O–H groups in total. The fourth-order valence-corrected chi connectivity index (χ4v) is 2.22. The van der Waals surface area contributed by atoms with E-state index in [0.29, 0.717) is 11.1 Å². The summed E-state index contributed by atoms with van der Waals surface area (Å²) in [5.41, 5.74) is -0.245. The summed E-state index contributed by atoms with van der Waals surface area (Å²) in [4.78, 5) is 16.0. The molecule has 0 unspecified atom stereocenters. The lowest BCUT2D eigenvalue weighted by molar-refractivity contribution is -0.137. The van der Waals surface area contributed by atoms with Gasteiger partial charge in [-0.05, 0) is 30.3 Å². The topological polar surface area (TPSA) is 55.1 Å². The third-order valence-electron chi connectivity index (χ3n) is 3.59. The first-order valence-electron chi connectivity index (χ1n) is 7.49. The maximum Gasteiger partial charge on any atom is 0.416 e. The molecule has 0 atom stereocenters. The number of aromatic nitrogens is 1. The molecule has 4 nitrogen and oxygen atoms in total. The van der Waals surface area contributed by atoms with Gasteiger partial charge < -0.3 is 9.73 Å². The van der Waals surface area contributed by atoms with E-state index in [4.69, 9.17) is 4.42 Å². The minimum Gasteiger partial charge on any atom is -0.444 e. The molecule has 134 valence electrons. The minimum absolute atomic E-state index is 0.00904. The molecule has 0 spiro atoms. The second-order valence-electron chi connectivity index (χ2n) is 5.39. The highest BCUT2D eigenvalue weighted by Crippen LogP contribution is 2.30. The monoisotopic (exact) mass is 364 g/mol. The summed E-state index contributed by atoms with van der Waals surface area (Å²) in [5.74, 6) is -1.02. The summed E-state index contributed by atoms with van der Waals surface area (Å²) in [6.07, 6.45) is -3.35. The second kappa shape index (κ2) is 6.99. The van der Waals surface area contributed by atoms with E-state index in [0.717, 1.165) is 18.4 Å². The number of nitrogens with one attached hydrogen (secondary N) is 1. The maximum absolute atomic E-state index is 13.5. The normalized spacial score (nSPS) is 11.4. The van der Waals surface area contributed by atoms with Gasteiger partial charge in [0, 0.05) is 17.7 Å². The Morgan fingerprint density at radius 3 is 2.42 bits per heavy atom. The molecule has 0 aliphatic rings. The summed E-state index contributed by atoms with van der Waals surface area (Å²) in [6.45, 7) is -0.0338. The maximum atomic E-state index is 13.5. The van der Waals surface area contributed by atoms with Crippen molar-refractivity contribution in [2.45, 2.75) is 12.7 Å². The standard InChI is InChI=1S/C18H12F4N2O2/c19-14-4-2-1-3-12(14)9-23-16(25)15-10-26-17(24-15)11-5-7-13(8-6-11)18(20,21)22/h1-8,10H,9H2,(H,23,25). The van der Waals surface area contributed by atoms with Gasteiger partial charge in [0.15, 0.2) is 5.69 Å². The molecular weight excluding hydrogens is 352 g/mol. The molecule has 0 aliphatic heterocycles. The summed E-state index contributed by atoms with van der Waals surface area (Å²) >= 11 is 0. The van der Waals surface area contributed by atoms with E-state index in [9.17, 15) is 22.4 Å². The van der Waals surface area contributed by atoms with Crippen molar-refractivity contribution in [2.75, 3.05) is 0 Å². The fourth-order valence-electron chi connectivity index (χ4n) is 2.22. The second-order valence-corrected chi connectivity index (χ2v) is 5.39. The van der Waals surface area contributed by atoms with Crippen LogP contribution < -0.4 is 5.32 Å². The van der Waals surface area contributed by atoms with Crippen LogP contribution in [0.4, 0.5) is 17.6 Å². The predicted molar refractivity (Wildman–Crippen MR) is 84.5 cm³/mol. The van der Waals surface area contributed by atoms with Crippen molar-refractivity contribution in [3.8, 4) is 11.5 Å². The van der Waals surface area contributed by atoms with Crippen molar-refractivity contribution >= 4 is 5.91 Å². The number of hydrogen-bond donors (Lipinski definition) is 1. The largest absolute Gasteiger partial charge is 0.444 e. The molecular formula is C18H12F4N2O2. The number of alkyl halides is 3. The fraction of sp³-hybridized carbons (Fsp3) is 0.111. The van der Waals surface area contributed by atoms with Gasteiger partial charge in [-0.15, -0.1) is 0 Å². The Morgan fingerprint density at radius 2 is 1.77 bits per heavy atom. The van der Waals surface area contributed by atoms with Crippen LogP contribution in [0.3, 0.4) is 0 Å². The van der Waals surface area contributed by atoms with E-state index in [1.165, 1.54) is 30.3 Å². The van der Waals surface area contributed by atoms with Crippen molar-refractivity contribution in [3.63, 3.8) is 0 Å². The van der Waals surface area contributed by atoms with Gasteiger partial charge >= 0.3 is 6.18 Å². The Morgan fingerprint density at radius 1 is 1.08 bits per heavy atom. The number of nitrogens with zero attached hydrogens (tertiary/aromatic N) is 1. The summed E-state index contributed by atoms with van der Waals surface area (Å²) < 4.78 is 56.4. The average Bonchev–Trinajstić information content (AvgIpc) is 3.10. The first-order chi connectivity index (χ1) is 12.3. The third kappa shape index (κ3) is 3.90. The molecule has 1 aromatic heterocycles. The van der Waals surface area contributed by atoms with Crippen molar-refractivity contribution in [1.82, 2.24) is 10.3 Å². The number of rotatable bonds is 4. The SMILES string of the molecule is O=C(NCc1ccccc1F)c1coc(-c2ccc(C(F)(F)F)cc2)n1. The molecule has 3 aromatic rings. The third-order valence-corrected chi connectivity index (χ3v) is 3.59. The van der Waals surface area contributed by atoms with E-state index in [-0.39, 0.29) is 18.1 Å². The van der Waals surface area contributed by atoms with Crippen molar-refractivity contribution < 1.29 is 26.8 Å². The van der Waals surface area contributed by atoms with E-state index in [1.807, 2.05) is 0 Å². The van der Waals surface area contributed by atoms with Gasteiger partial charge in [-0.2, -0.15) is 13.2 Å². The van der Waals surface area contributed by atoms with Crippen LogP contribution in [-0.4, -0.2) is 10.9 Å². The lowest BCUT2D eigenvalue weighted by Gasteiger charge is -2.06. The van der Waals surface area contributed by atoms with Gasteiger partial charge in [0.2, 0.25) is 5.89 Å². The van der Waals surface area contributed by atoms with Crippen molar-refractivity contribution in [1.29, 1.82) is 0 Å². The summed E-state index contributed by atoms with van der Waals surface area (Å²) in [6, 6.07) is 10.2. The highest BCUT2D eigenvalue weighted by Gasteiger charge is 2.30. The molecule has 0 aliphatic carbocycles. The average molecular weight is 364 g/mol. The lowest BCUT2D eigenvalue weighted by atomic mass is 10.1. The molecule has 26 heavy (non-hydrogen) atoms. The first-order valence-corrected chi connectivity index (χ1v) is 7.49. The van der Waals surface area contributed by atoms with Crippen LogP contribution in [0.2, 0.25) is 0 Å². The van der Waals surface area contributed by atoms with Crippen LogP contribution in [0, 0.1) is 5.82 Å². The number of halogens is 4. The molecule has 0 saturated carbocycles. The van der Waals surface area contributed by atoms with Gasteiger partial charge in [0.1, 0.15) is 12.1 Å². The van der Waals surface area contributed by atoms with Crippen molar-refractivity contribution in [3.05, 3.63) is 77.4 Å². The minimum atomic E-state index is -4.44. The molecule has 3 rings (SSSR count). The van der Waals surface area contributed by atoms with Gasteiger partial charge in [-0.25, -0.2) is 9.37 Å². The van der Waals surface area contributed by atoms with E-state index < -0.39 is 23.5 Å². The van der Waals surface area contributed by atoms with E-state index in [1.54, 1.807) is 6.07 Å². The molecule has 0 saturated heterocycles. The number of benzene rings is 2. The van der Waals surface area contributed by atoms with Gasteiger partial charge in [-0.3, -0.25) is 4.79 Å². The van der Waals surface area contributed by atoms with Crippen LogP contribution in [0.15, 0.2) is 59.2 Å². The zero-order valence-corrected chi connectivity index (χ0v) is 13.2. The number of hydrogen-bond acceptors (Lipinski definition) is 3. The Bertz CT molecular complexity index is 917. The molecule has 2 aromatic carbocycles. The van der Waals surface area contributed by atoms with Crippen LogP contribution in [0.5, 0.6) is 0 Å². The molecule has 1 heterocycles. The highest BCUT2D eigenvalue weighted by molar-refractivity contribution is 5.92. The number of carbonyl (C=O) groups is 1. The van der Waals surface area contributed by atoms with E-state index >= 15 is 0 Å². The molecule has 0 fully saturated rings. The summed E-state index contributed by atoms with van der Waals surface area (Å²) in [5, 5.41) is 2.50. The first kappa shape index (κ1) is 17.7. The van der Waals surface area contributed by atoms with E-state index in [2.05, 4.69) is 10.3 Å². The number of amides is 1. The van der Waals surface area contributed by atoms with Crippen LogP contribution in [0.25, 0.3) is 11.5 Å². The van der Waals surface area contributed by atoms with Gasteiger partial charge in [-0.1, -0.05) is 18.2 Å². The molecule has 0 radical (unpaired) electrons. The van der Waals surface area contributed by atoms with Crippen LogP contribution >= 0.6 is 0 Å². The highest BCUT2D eigenvalue weighted by atomic mass is 19.4. The summed E-state index contributed by atoms with van der Waals surface area (Å²) in [7, 11) is 0. The number of oxazole rings is 1. The smallest absolute Gasteiger partial charge is 0.416 e. The quantitative estimate of drug-likeness (QED) is 0.697. The van der Waals surface area contributed by atoms with Gasteiger partial charge in [0.05, 0.1) is 5.56 Å². The van der Waals surface area contributed by atoms with Crippen molar-refractivity contribution in [2.24, 2.45) is 0 Å². The predicted octanol–water partition coefficient (Wildman–Crippen LogP) is 4.43.